The van der Waals surface area contributed by atoms with Crippen LogP contribution < -0.4 is 5.32 Å². The number of carbonyl (C=O) groups is 2. The Hall–Kier alpha value is -4.05. The Labute approximate surface area is 218 Å². The van der Waals surface area contributed by atoms with Gasteiger partial charge in [0.15, 0.2) is 5.82 Å². The molecule has 0 unspecified atom stereocenters. The van der Waals surface area contributed by atoms with Crippen molar-refractivity contribution in [2.75, 3.05) is 18.5 Å². The summed E-state index contributed by atoms with van der Waals surface area (Å²) in [5.74, 6) is -0.423. The molecule has 1 aliphatic rings. The summed E-state index contributed by atoms with van der Waals surface area (Å²) in [6, 6.07) is 13.9. The minimum Gasteiger partial charge on any atom is -0.463 e. The summed E-state index contributed by atoms with van der Waals surface area (Å²) in [4.78, 5) is 28.5. The van der Waals surface area contributed by atoms with Crippen LogP contribution in [0.4, 0.5) is 10.6 Å². The molecular formula is C26H29N5O7. The fourth-order valence-electron chi connectivity index (χ4n) is 4.27. The maximum atomic E-state index is 12.3. The maximum absolute atomic E-state index is 12.3. The summed E-state index contributed by atoms with van der Waals surface area (Å²) < 4.78 is 17.5. The van der Waals surface area contributed by atoms with Gasteiger partial charge < -0.3 is 24.4 Å². The van der Waals surface area contributed by atoms with E-state index in [1.807, 2.05) is 19.1 Å². The van der Waals surface area contributed by atoms with Crippen LogP contribution in [0.5, 0.6) is 0 Å². The molecule has 38 heavy (non-hydrogen) atoms. The average Bonchev–Trinajstić information content (AvgIpc) is 3.46. The normalized spacial score (nSPS) is 22.6. The molecule has 0 saturated carbocycles. The van der Waals surface area contributed by atoms with Gasteiger partial charge in [-0.2, -0.15) is 10.4 Å². The number of nitriles is 1. The Morgan fingerprint density at radius 3 is 2.71 bits per heavy atom. The number of fused-ring (bicyclic) bond motifs is 1. The summed E-state index contributed by atoms with van der Waals surface area (Å²) in [6.45, 7) is 1.93. The summed E-state index contributed by atoms with van der Waals surface area (Å²) >= 11 is 0. The number of aromatic nitrogens is 3. The highest BCUT2D eigenvalue weighted by molar-refractivity contribution is 5.88. The molecule has 1 amide bonds. The van der Waals surface area contributed by atoms with E-state index in [4.69, 9.17) is 14.2 Å². The van der Waals surface area contributed by atoms with Crippen molar-refractivity contribution in [3.8, 4) is 6.07 Å². The van der Waals surface area contributed by atoms with Crippen molar-refractivity contribution in [1.29, 1.82) is 5.26 Å². The molecule has 1 fully saturated rings. The van der Waals surface area contributed by atoms with Crippen LogP contribution in [0, 0.1) is 11.3 Å². The Morgan fingerprint density at radius 1 is 1.18 bits per heavy atom. The number of amides is 1. The van der Waals surface area contributed by atoms with E-state index in [1.54, 1.807) is 24.3 Å². The number of aliphatic hydroxyl groups excluding tert-OH is 2. The van der Waals surface area contributed by atoms with E-state index in [0.29, 0.717) is 5.52 Å². The Morgan fingerprint density at radius 2 is 1.97 bits per heavy atom. The summed E-state index contributed by atoms with van der Waals surface area (Å²) in [5.41, 5.74) is -0.869. The molecular weight excluding hydrogens is 494 g/mol. The molecule has 3 aromatic rings. The fourth-order valence-corrected chi connectivity index (χ4v) is 4.27. The molecule has 4 atom stereocenters. The van der Waals surface area contributed by atoms with Crippen molar-refractivity contribution >= 4 is 23.4 Å². The first-order chi connectivity index (χ1) is 18.4. The number of rotatable bonds is 10. The van der Waals surface area contributed by atoms with Gasteiger partial charge in [0, 0.05) is 0 Å². The van der Waals surface area contributed by atoms with E-state index in [9.17, 15) is 25.1 Å². The molecule has 12 nitrogen and oxygen atoms in total. The zero-order chi connectivity index (χ0) is 27.1. The lowest BCUT2D eigenvalue weighted by Gasteiger charge is -2.24. The van der Waals surface area contributed by atoms with E-state index < -0.39 is 36.0 Å². The van der Waals surface area contributed by atoms with E-state index in [-0.39, 0.29) is 31.1 Å². The molecule has 0 spiro atoms. The van der Waals surface area contributed by atoms with Crippen LogP contribution in [0.3, 0.4) is 0 Å². The summed E-state index contributed by atoms with van der Waals surface area (Å²) in [7, 11) is 0. The third kappa shape index (κ3) is 5.60. The van der Waals surface area contributed by atoms with Crippen molar-refractivity contribution in [3.05, 3.63) is 60.0 Å². The number of benzene rings is 1. The fraction of sp³-hybridized carbons (Fsp3) is 0.423. The molecule has 0 bridgehead atoms. The second-order valence-electron chi connectivity index (χ2n) is 8.88. The second kappa shape index (κ2) is 12.0. The Balaban J connectivity index is 1.48. The van der Waals surface area contributed by atoms with Crippen molar-refractivity contribution in [2.24, 2.45) is 0 Å². The van der Waals surface area contributed by atoms with Gasteiger partial charge in [0.2, 0.25) is 5.60 Å². The van der Waals surface area contributed by atoms with Gasteiger partial charge in [0.05, 0.1) is 18.7 Å². The predicted molar refractivity (Wildman–Crippen MR) is 133 cm³/mol. The molecule has 1 saturated heterocycles. The SMILES string of the molecule is CCCCCOC(=O)Nc1ncnn2c([C@]3(C#N)O[C@H](COC(=O)Cc4ccccc4)[C@@H](O)[C@H]3O)ccc12. The highest BCUT2D eigenvalue weighted by atomic mass is 16.6. The number of aliphatic hydroxyl groups is 2. The Bertz CT molecular complexity index is 1310. The molecule has 12 heteroatoms. The van der Waals surface area contributed by atoms with Gasteiger partial charge in [0.25, 0.3) is 0 Å². The minimum absolute atomic E-state index is 0.0205. The number of hydrogen-bond donors (Lipinski definition) is 3. The highest BCUT2D eigenvalue weighted by Crippen LogP contribution is 2.40. The topological polar surface area (TPSA) is 168 Å². The molecule has 3 heterocycles. The van der Waals surface area contributed by atoms with Crippen molar-refractivity contribution < 1.29 is 34.0 Å². The van der Waals surface area contributed by atoms with E-state index in [2.05, 4.69) is 15.4 Å². The molecule has 1 aliphatic heterocycles. The first kappa shape index (κ1) is 27.0. The van der Waals surface area contributed by atoms with Gasteiger partial charge in [-0.1, -0.05) is 50.1 Å². The number of carbonyl (C=O) groups excluding carboxylic acids is 2. The van der Waals surface area contributed by atoms with Crippen LogP contribution in [0.25, 0.3) is 5.52 Å². The highest BCUT2D eigenvalue weighted by Gasteiger charge is 2.57. The molecule has 0 radical (unpaired) electrons. The number of hydrogen-bond acceptors (Lipinski definition) is 10. The monoisotopic (exact) mass is 523 g/mol. The number of unbranched alkanes of at least 4 members (excludes halogenated alkanes) is 2. The van der Waals surface area contributed by atoms with E-state index in [1.165, 1.54) is 16.6 Å². The number of nitrogens with zero attached hydrogens (tertiary/aromatic N) is 4. The quantitative estimate of drug-likeness (QED) is 0.264. The van der Waals surface area contributed by atoms with Crippen LogP contribution in [0.1, 0.15) is 37.4 Å². The minimum atomic E-state index is -2.03. The maximum Gasteiger partial charge on any atom is 0.412 e. The first-order valence-corrected chi connectivity index (χ1v) is 12.3. The molecule has 4 rings (SSSR count). The van der Waals surface area contributed by atoms with Gasteiger partial charge >= 0.3 is 12.1 Å². The van der Waals surface area contributed by atoms with Gasteiger partial charge in [-0.3, -0.25) is 10.1 Å². The number of anilines is 1. The zero-order valence-corrected chi connectivity index (χ0v) is 20.8. The second-order valence-corrected chi connectivity index (χ2v) is 8.88. The van der Waals surface area contributed by atoms with Gasteiger partial charge in [-0.15, -0.1) is 0 Å². The van der Waals surface area contributed by atoms with Gasteiger partial charge in [-0.05, 0) is 24.1 Å². The van der Waals surface area contributed by atoms with Crippen LogP contribution in [0.2, 0.25) is 0 Å². The van der Waals surface area contributed by atoms with Crippen LogP contribution in [-0.4, -0.2) is 68.4 Å². The molecule has 3 N–H and O–H groups in total. The van der Waals surface area contributed by atoms with Gasteiger partial charge in [-0.25, -0.2) is 14.3 Å². The zero-order valence-electron chi connectivity index (χ0n) is 20.8. The van der Waals surface area contributed by atoms with Crippen molar-refractivity contribution in [2.45, 2.75) is 56.5 Å². The number of nitrogens with one attached hydrogen (secondary N) is 1. The lowest BCUT2D eigenvalue weighted by atomic mass is 9.92. The largest absolute Gasteiger partial charge is 0.463 e. The molecule has 2 aromatic heterocycles. The lowest BCUT2D eigenvalue weighted by Crippen LogP contribution is -2.41. The third-order valence-electron chi connectivity index (χ3n) is 6.26. The summed E-state index contributed by atoms with van der Waals surface area (Å²) in [6.07, 6.45) is -1.22. The first-order valence-electron chi connectivity index (χ1n) is 12.3. The molecule has 0 aliphatic carbocycles. The third-order valence-corrected chi connectivity index (χ3v) is 6.26. The van der Waals surface area contributed by atoms with Gasteiger partial charge in [0.1, 0.15) is 42.8 Å². The van der Waals surface area contributed by atoms with Crippen LogP contribution >= 0.6 is 0 Å². The number of esters is 1. The number of ether oxygens (including phenoxy) is 3. The van der Waals surface area contributed by atoms with Crippen LogP contribution in [-0.2, 0) is 31.0 Å². The standard InChI is InChI=1S/C26H29N5O7/c1-2-3-7-12-36-25(35)30-24-18-10-11-20(31(18)29-16-28-24)26(15-27)23(34)22(33)19(38-26)14-37-21(32)13-17-8-5-4-6-9-17/h4-6,8-11,16,19,22-23,33-34H,2-3,7,12-14H2,1H3,(H,28,29,30,35)/t19-,22-,23-,26+/m1/s1. The lowest BCUT2D eigenvalue weighted by molar-refractivity contribution is -0.149. The van der Waals surface area contributed by atoms with Crippen molar-refractivity contribution in [3.63, 3.8) is 0 Å². The van der Waals surface area contributed by atoms with Crippen LogP contribution in [0.15, 0.2) is 48.8 Å². The Kier molecular flexibility index (Phi) is 8.52. The smallest absolute Gasteiger partial charge is 0.412 e. The molecule has 200 valence electrons. The van der Waals surface area contributed by atoms with E-state index >= 15 is 0 Å². The average molecular weight is 524 g/mol. The summed E-state index contributed by atoms with van der Waals surface area (Å²) in [5, 5.41) is 38.3. The van der Waals surface area contributed by atoms with Crippen molar-refractivity contribution in [1.82, 2.24) is 14.6 Å². The predicted octanol–water partition coefficient (Wildman–Crippen LogP) is 2.09. The van der Waals surface area contributed by atoms with E-state index in [0.717, 1.165) is 31.2 Å². The molecule has 1 aromatic carbocycles.